The van der Waals surface area contributed by atoms with Crippen LogP contribution >= 0.6 is 0 Å². The van der Waals surface area contributed by atoms with Crippen molar-refractivity contribution in [3.05, 3.63) is 0 Å². The van der Waals surface area contributed by atoms with E-state index in [-0.39, 0.29) is 0 Å². The lowest BCUT2D eigenvalue weighted by Crippen LogP contribution is -2.35. The maximum absolute atomic E-state index is 5.34. The third-order valence-corrected chi connectivity index (χ3v) is 2.11. The summed E-state index contributed by atoms with van der Waals surface area (Å²) in [6, 6.07) is 0.509. The standard InChI is InChI=1S/C8H20N2/c1-4-7(3)6-8(5-2)10-9/h7-8,10H,4-6,9H2,1-3H3/t7-,8+/m0/s1. The van der Waals surface area contributed by atoms with Crippen LogP contribution < -0.4 is 11.3 Å². The van der Waals surface area contributed by atoms with Crippen LogP contribution in [0.5, 0.6) is 0 Å². The molecule has 3 N–H and O–H groups in total. The molecule has 0 bridgehead atoms. The molecular formula is C8H20N2. The van der Waals surface area contributed by atoms with Gasteiger partial charge in [0.15, 0.2) is 0 Å². The highest BCUT2D eigenvalue weighted by Gasteiger charge is 2.07. The zero-order chi connectivity index (χ0) is 7.98. The Hall–Kier alpha value is -0.0800. The van der Waals surface area contributed by atoms with E-state index in [9.17, 15) is 0 Å². The molecule has 0 aliphatic heterocycles. The van der Waals surface area contributed by atoms with Gasteiger partial charge in [-0.25, -0.2) is 0 Å². The normalized spacial score (nSPS) is 16.8. The van der Waals surface area contributed by atoms with E-state index in [1.165, 1.54) is 12.8 Å². The summed E-state index contributed by atoms with van der Waals surface area (Å²) in [7, 11) is 0. The van der Waals surface area contributed by atoms with E-state index in [1.54, 1.807) is 0 Å². The summed E-state index contributed by atoms with van der Waals surface area (Å²) in [5.41, 5.74) is 2.82. The molecule has 0 aromatic carbocycles. The van der Waals surface area contributed by atoms with Gasteiger partial charge in [0.1, 0.15) is 0 Å². The highest BCUT2D eigenvalue weighted by Crippen LogP contribution is 2.10. The van der Waals surface area contributed by atoms with E-state index in [2.05, 4.69) is 26.2 Å². The highest BCUT2D eigenvalue weighted by atomic mass is 15.2. The van der Waals surface area contributed by atoms with Crippen LogP contribution in [0.15, 0.2) is 0 Å². The predicted octanol–water partition coefficient (Wildman–Crippen LogP) is 1.66. The molecule has 2 heteroatoms. The summed E-state index contributed by atoms with van der Waals surface area (Å²) < 4.78 is 0. The first-order valence-electron chi connectivity index (χ1n) is 4.20. The van der Waals surface area contributed by atoms with E-state index in [0.29, 0.717) is 6.04 Å². The summed E-state index contributed by atoms with van der Waals surface area (Å²) in [4.78, 5) is 0. The van der Waals surface area contributed by atoms with Gasteiger partial charge >= 0.3 is 0 Å². The van der Waals surface area contributed by atoms with Crippen LogP contribution in [0.3, 0.4) is 0 Å². The van der Waals surface area contributed by atoms with Gasteiger partial charge in [-0.1, -0.05) is 27.2 Å². The average molecular weight is 144 g/mol. The molecule has 0 heterocycles. The molecule has 2 atom stereocenters. The highest BCUT2D eigenvalue weighted by molar-refractivity contribution is 4.64. The molecule has 62 valence electrons. The van der Waals surface area contributed by atoms with Crippen molar-refractivity contribution >= 4 is 0 Å². The second-order valence-electron chi connectivity index (χ2n) is 3.02. The monoisotopic (exact) mass is 144 g/mol. The maximum atomic E-state index is 5.34. The van der Waals surface area contributed by atoms with E-state index >= 15 is 0 Å². The predicted molar refractivity (Wildman–Crippen MR) is 45.5 cm³/mol. The van der Waals surface area contributed by atoms with Gasteiger partial charge in [-0.15, -0.1) is 0 Å². The fourth-order valence-electron chi connectivity index (χ4n) is 1.00. The molecule has 0 rings (SSSR count). The van der Waals surface area contributed by atoms with Crippen molar-refractivity contribution < 1.29 is 0 Å². The van der Waals surface area contributed by atoms with Crippen molar-refractivity contribution in [2.45, 2.75) is 46.1 Å². The molecule has 0 aromatic rings. The van der Waals surface area contributed by atoms with Crippen LogP contribution in [0.4, 0.5) is 0 Å². The van der Waals surface area contributed by atoms with Crippen molar-refractivity contribution in [3.8, 4) is 0 Å². The number of nitrogens with two attached hydrogens (primary N) is 1. The molecule has 0 saturated heterocycles. The smallest absolute Gasteiger partial charge is 0.0210 e. The number of hydrogen-bond acceptors (Lipinski definition) is 2. The van der Waals surface area contributed by atoms with Gasteiger partial charge in [-0.3, -0.25) is 11.3 Å². The number of hydrogen-bond donors (Lipinski definition) is 2. The Morgan fingerprint density at radius 2 is 1.90 bits per heavy atom. The van der Waals surface area contributed by atoms with Crippen molar-refractivity contribution in [1.82, 2.24) is 5.43 Å². The van der Waals surface area contributed by atoms with Crippen LogP contribution in [0.1, 0.15) is 40.0 Å². The Morgan fingerprint density at radius 3 is 2.20 bits per heavy atom. The lowest BCUT2D eigenvalue weighted by Gasteiger charge is -2.16. The maximum Gasteiger partial charge on any atom is 0.0210 e. The lowest BCUT2D eigenvalue weighted by molar-refractivity contribution is 0.390. The van der Waals surface area contributed by atoms with Crippen molar-refractivity contribution in [2.24, 2.45) is 11.8 Å². The van der Waals surface area contributed by atoms with E-state index in [0.717, 1.165) is 12.3 Å². The van der Waals surface area contributed by atoms with Crippen molar-refractivity contribution in [2.75, 3.05) is 0 Å². The fourth-order valence-corrected chi connectivity index (χ4v) is 1.00. The van der Waals surface area contributed by atoms with Crippen molar-refractivity contribution in [1.29, 1.82) is 0 Å². The summed E-state index contributed by atoms with van der Waals surface area (Å²) >= 11 is 0. The first kappa shape index (κ1) is 9.92. The average Bonchev–Trinajstić information content (AvgIpc) is 1.99. The van der Waals surface area contributed by atoms with Crippen LogP contribution in [-0.2, 0) is 0 Å². The van der Waals surface area contributed by atoms with Gasteiger partial charge in [-0.2, -0.15) is 0 Å². The SMILES string of the molecule is CC[C@H](C)C[C@@H](CC)NN. The lowest BCUT2D eigenvalue weighted by atomic mass is 9.98. The molecule has 0 radical (unpaired) electrons. The van der Waals surface area contributed by atoms with Crippen LogP contribution in [-0.4, -0.2) is 6.04 Å². The van der Waals surface area contributed by atoms with Gasteiger partial charge in [0.2, 0.25) is 0 Å². The Kier molecular flexibility index (Phi) is 5.64. The molecular weight excluding hydrogens is 124 g/mol. The zero-order valence-corrected chi connectivity index (χ0v) is 7.35. The molecule has 0 unspecified atom stereocenters. The molecule has 0 aliphatic rings. The topological polar surface area (TPSA) is 38.0 Å². The Morgan fingerprint density at radius 1 is 1.30 bits per heavy atom. The minimum atomic E-state index is 0.509. The molecule has 0 aromatic heterocycles. The number of rotatable bonds is 5. The number of nitrogens with one attached hydrogen (secondary N) is 1. The Balaban J connectivity index is 3.41. The van der Waals surface area contributed by atoms with Gasteiger partial charge in [0.25, 0.3) is 0 Å². The van der Waals surface area contributed by atoms with Crippen LogP contribution in [0.25, 0.3) is 0 Å². The molecule has 0 fully saturated rings. The van der Waals surface area contributed by atoms with Gasteiger partial charge in [0, 0.05) is 6.04 Å². The van der Waals surface area contributed by atoms with Gasteiger partial charge in [0.05, 0.1) is 0 Å². The van der Waals surface area contributed by atoms with Gasteiger partial charge in [-0.05, 0) is 18.8 Å². The quantitative estimate of drug-likeness (QED) is 0.455. The van der Waals surface area contributed by atoms with E-state index < -0.39 is 0 Å². The molecule has 2 nitrogen and oxygen atoms in total. The second kappa shape index (κ2) is 5.69. The van der Waals surface area contributed by atoms with Crippen molar-refractivity contribution in [3.63, 3.8) is 0 Å². The minimum Gasteiger partial charge on any atom is -0.271 e. The number of hydrazine groups is 1. The first-order valence-corrected chi connectivity index (χ1v) is 4.20. The summed E-state index contributed by atoms with van der Waals surface area (Å²) in [5, 5.41) is 0. The third kappa shape index (κ3) is 3.85. The fraction of sp³-hybridized carbons (Fsp3) is 1.00. The Bertz CT molecular complexity index is 69.7. The summed E-state index contributed by atoms with van der Waals surface area (Å²) in [6.45, 7) is 6.64. The molecule has 0 spiro atoms. The summed E-state index contributed by atoms with van der Waals surface area (Å²) in [6.07, 6.45) is 3.57. The second-order valence-corrected chi connectivity index (χ2v) is 3.02. The van der Waals surface area contributed by atoms with Crippen LogP contribution in [0, 0.1) is 5.92 Å². The first-order chi connectivity index (χ1) is 4.74. The largest absolute Gasteiger partial charge is 0.271 e. The Labute approximate surface area is 64.2 Å². The molecule has 0 aliphatic carbocycles. The molecule has 0 amide bonds. The van der Waals surface area contributed by atoms with Crippen LogP contribution in [0.2, 0.25) is 0 Å². The zero-order valence-electron chi connectivity index (χ0n) is 7.35. The minimum absolute atomic E-state index is 0.509. The van der Waals surface area contributed by atoms with E-state index in [1.807, 2.05) is 0 Å². The molecule has 10 heavy (non-hydrogen) atoms. The molecule has 0 saturated carbocycles. The summed E-state index contributed by atoms with van der Waals surface area (Å²) in [5.74, 6) is 6.13. The van der Waals surface area contributed by atoms with Gasteiger partial charge < -0.3 is 0 Å². The third-order valence-electron chi connectivity index (χ3n) is 2.11. The van der Waals surface area contributed by atoms with E-state index in [4.69, 9.17) is 5.84 Å².